The summed E-state index contributed by atoms with van der Waals surface area (Å²) in [5, 5.41) is 1.93. The molecule has 1 N–H and O–H groups in total. The molecule has 5 heteroatoms. The first-order valence-electron chi connectivity index (χ1n) is 12.2. The number of benzene rings is 2. The second-order valence-corrected chi connectivity index (χ2v) is 5.16. The maximum atomic E-state index is 13.5. The molecule has 2 aliphatic heterocycles. The van der Waals surface area contributed by atoms with Gasteiger partial charge in [0.1, 0.15) is 14.3 Å². The van der Waals surface area contributed by atoms with Gasteiger partial charge in [0.15, 0.2) is 11.5 Å². The van der Waals surface area contributed by atoms with Crippen molar-refractivity contribution in [2.24, 2.45) is 5.92 Å². The number of fused-ring (bicyclic) bond motifs is 1. The van der Waals surface area contributed by atoms with Gasteiger partial charge in [-0.2, -0.15) is 0 Å². The van der Waals surface area contributed by atoms with Crippen LogP contribution in [-0.4, -0.2) is 26.3 Å². The lowest BCUT2D eigenvalue weighted by atomic mass is 9.81. The molecule has 126 valence electrons. The maximum Gasteiger partial charge on any atom is 0.231 e. The van der Waals surface area contributed by atoms with Crippen LogP contribution in [0, 0.1) is 11.7 Å². The van der Waals surface area contributed by atoms with Gasteiger partial charge in [-0.1, -0.05) is 12.1 Å². The van der Waals surface area contributed by atoms with Crippen molar-refractivity contribution in [3.8, 4) is 17.2 Å². The highest BCUT2D eigenvalue weighted by Crippen LogP contribution is 2.36. The van der Waals surface area contributed by atoms with Crippen molar-refractivity contribution in [2.45, 2.75) is 12.3 Å². The zero-order valence-electron chi connectivity index (χ0n) is 22.3. The minimum absolute atomic E-state index is 0.0167. The van der Waals surface area contributed by atoms with E-state index in [9.17, 15) is 4.39 Å². The van der Waals surface area contributed by atoms with Gasteiger partial charge in [0, 0.05) is 26.7 Å². The molecule has 0 radical (unpaired) electrons. The van der Waals surface area contributed by atoms with Crippen LogP contribution in [0.2, 0.25) is 0 Å². The lowest BCUT2D eigenvalue weighted by molar-refractivity contribution is 0.173. The molecule has 1 unspecified atom stereocenters. The Morgan fingerprint density at radius 3 is 2.92 bits per heavy atom. The smallest absolute Gasteiger partial charge is 0.231 e. The highest BCUT2D eigenvalue weighted by molar-refractivity contribution is 5.46. The molecule has 2 aromatic carbocycles. The molecule has 1 saturated heterocycles. The fourth-order valence-corrected chi connectivity index (χ4v) is 2.40. The van der Waals surface area contributed by atoms with Crippen molar-refractivity contribution in [3.63, 3.8) is 0 Å². The fraction of sp³-hybridized carbons (Fsp3) is 0.368. The average molecular weight is 339 g/mol. The van der Waals surface area contributed by atoms with Crippen LogP contribution in [-0.2, 0) is 0 Å². The van der Waals surface area contributed by atoms with E-state index < -0.39 is 50.3 Å². The van der Waals surface area contributed by atoms with Crippen molar-refractivity contribution in [1.82, 2.24) is 5.32 Å². The molecule has 0 aromatic heterocycles. The van der Waals surface area contributed by atoms with Gasteiger partial charge in [0.25, 0.3) is 0 Å². The van der Waals surface area contributed by atoms with Gasteiger partial charge >= 0.3 is 0 Å². The van der Waals surface area contributed by atoms with Crippen LogP contribution in [0.15, 0.2) is 42.5 Å². The molecular weight excluding hydrogens is 309 g/mol. The maximum absolute atomic E-state index is 13.5. The van der Waals surface area contributed by atoms with Crippen molar-refractivity contribution >= 4 is 0 Å². The summed E-state index contributed by atoms with van der Waals surface area (Å²) in [6.45, 7) is -11.1. The SMILES string of the molecule is [2H]C1([2H])Oc2ccc(OC([2H])([2H])C3[C@H](c4ccc(F)cc4)C([2H])([2H])C([2H])([2H])NC3([2H])[2H])cc2O1. The molecule has 1 fully saturated rings. The van der Waals surface area contributed by atoms with E-state index in [0.29, 0.717) is 0 Å². The summed E-state index contributed by atoms with van der Waals surface area (Å²) in [7, 11) is 0. The second kappa shape index (κ2) is 6.69. The average Bonchev–Trinajstić information content (AvgIpc) is 2.97. The van der Waals surface area contributed by atoms with Gasteiger partial charge in [0.2, 0.25) is 6.75 Å². The summed E-state index contributed by atoms with van der Waals surface area (Å²) in [4.78, 5) is 0. The topological polar surface area (TPSA) is 39.7 Å². The Labute approximate surface area is 154 Å². The van der Waals surface area contributed by atoms with Crippen LogP contribution in [0.25, 0.3) is 0 Å². The number of hydrogen-bond acceptors (Lipinski definition) is 4. The van der Waals surface area contributed by atoms with Gasteiger partial charge in [-0.05, 0) is 48.6 Å². The second-order valence-electron chi connectivity index (χ2n) is 5.16. The lowest BCUT2D eigenvalue weighted by Gasteiger charge is -2.32. The van der Waals surface area contributed by atoms with E-state index in [-0.39, 0.29) is 22.8 Å². The van der Waals surface area contributed by atoms with Crippen molar-refractivity contribution < 1.29 is 32.3 Å². The molecule has 0 amide bonds. The Kier molecular flexibility index (Phi) is 2.16. The van der Waals surface area contributed by atoms with Gasteiger partial charge in [0.05, 0.1) is 9.30 Å². The van der Waals surface area contributed by atoms with E-state index >= 15 is 0 Å². The number of piperidine rings is 1. The molecule has 2 aromatic rings. The Hall–Kier alpha value is -2.27. The zero-order valence-corrected chi connectivity index (χ0v) is 12.3. The fourth-order valence-electron chi connectivity index (χ4n) is 2.40. The number of ether oxygens (including phenoxy) is 3. The standard InChI is InChI=1S/C19H20FNO3/c20-15-3-1-13(2-4-15)17-7-8-21-10-14(17)11-22-16-5-6-18-19(9-16)24-12-23-18/h1-6,9,14,17,21H,7-8,10-12H2/t14?,17-/m0/s1/i7D2,8D2,10D2,11D2,12D2. The van der Waals surface area contributed by atoms with Crippen molar-refractivity contribution in [2.75, 3.05) is 26.3 Å². The molecule has 24 heavy (non-hydrogen) atoms. The van der Waals surface area contributed by atoms with E-state index in [1.165, 1.54) is 12.1 Å². The van der Waals surface area contributed by atoms with Crippen LogP contribution < -0.4 is 19.5 Å². The van der Waals surface area contributed by atoms with E-state index in [2.05, 4.69) is 0 Å². The largest absolute Gasteiger partial charge is 0.493 e. The molecule has 2 aliphatic rings. The monoisotopic (exact) mass is 339 g/mol. The summed E-state index contributed by atoms with van der Waals surface area (Å²) in [6.07, 6.45) is -2.84. The minimum atomic E-state index is -2.94. The van der Waals surface area contributed by atoms with Gasteiger partial charge < -0.3 is 19.5 Å². The number of halogens is 1. The molecular formula is C19H20FNO3. The van der Waals surface area contributed by atoms with Gasteiger partial charge in [-0.25, -0.2) is 4.39 Å². The highest BCUT2D eigenvalue weighted by atomic mass is 19.1. The van der Waals surface area contributed by atoms with Crippen LogP contribution in [0.1, 0.15) is 31.6 Å². The van der Waals surface area contributed by atoms with Gasteiger partial charge in [-0.3, -0.25) is 0 Å². The van der Waals surface area contributed by atoms with E-state index in [1.807, 2.05) is 5.32 Å². The molecule has 0 bridgehead atoms. The van der Waals surface area contributed by atoms with E-state index in [0.717, 1.165) is 30.3 Å². The van der Waals surface area contributed by atoms with Crippen molar-refractivity contribution in [1.29, 1.82) is 0 Å². The Morgan fingerprint density at radius 1 is 1.21 bits per heavy atom. The Morgan fingerprint density at radius 2 is 2.04 bits per heavy atom. The van der Waals surface area contributed by atoms with Gasteiger partial charge in [-0.15, -0.1) is 0 Å². The molecule has 2 atom stereocenters. The van der Waals surface area contributed by atoms with Crippen LogP contribution >= 0.6 is 0 Å². The van der Waals surface area contributed by atoms with Crippen LogP contribution in [0.5, 0.6) is 17.2 Å². The summed E-state index contributed by atoms with van der Waals surface area (Å²) in [5.41, 5.74) is -0.0167. The molecule has 4 rings (SSSR count). The van der Waals surface area contributed by atoms with Crippen LogP contribution in [0.4, 0.5) is 4.39 Å². The first-order valence-corrected chi connectivity index (χ1v) is 7.21. The lowest BCUT2D eigenvalue weighted by Crippen LogP contribution is -2.38. The molecule has 0 saturated carbocycles. The Bertz CT molecular complexity index is 1100. The third-order valence-electron chi connectivity index (χ3n) is 3.60. The zero-order chi connectivity index (χ0) is 25.3. The summed E-state index contributed by atoms with van der Waals surface area (Å²) in [6, 6.07) is 7.96. The number of rotatable bonds is 4. The minimum Gasteiger partial charge on any atom is -0.493 e. The summed E-state index contributed by atoms with van der Waals surface area (Å²) in [5.74, 6) is -4.57. The predicted octanol–water partition coefficient (Wildman–Crippen LogP) is 3.33. The first-order chi connectivity index (χ1) is 15.5. The third-order valence-corrected chi connectivity index (χ3v) is 3.60. The van der Waals surface area contributed by atoms with E-state index in [1.54, 1.807) is 0 Å². The molecule has 2 heterocycles. The molecule has 0 spiro atoms. The number of nitrogens with one attached hydrogen (secondary N) is 1. The summed E-state index contributed by atoms with van der Waals surface area (Å²) >= 11 is 0. The quantitative estimate of drug-likeness (QED) is 0.927. The third kappa shape index (κ3) is 3.17. The highest BCUT2D eigenvalue weighted by Gasteiger charge is 2.27. The first kappa shape index (κ1) is 7.74. The Balaban J connectivity index is 1.77. The number of hydrogen-bond donors (Lipinski definition) is 1. The molecule has 4 nitrogen and oxygen atoms in total. The molecule has 0 aliphatic carbocycles. The van der Waals surface area contributed by atoms with E-state index in [4.69, 9.17) is 27.9 Å². The van der Waals surface area contributed by atoms with Crippen molar-refractivity contribution in [3.05, 3.63) is 53.8 Å². The normalized spacial score (nSPS) is 37.5. The predicted molar refractivity (Wildman–Crippen MR) is 88.2 cm³/mol. The summed E-state index contributed by atoms with van der Waals surface area (Å²) < 4.78 is 111. The van der Waals surface area contributed by atoms with Crippen LogP contribution in [0.3, 0.4) is 0 Å².